The first-order chi connectivity index (χ1) is 3.56. The summed E-state index contributed by atoms with van der Waals surface area (Å²) >= 11 is 0. The quantitative estimate of drug-likeness (QED) is 0.455. The summed E-state index contributed by atoms with van der Waals surface area (Å²) in [6, 6.07) is 0. The van der Waals surface area contributed by atoms with Crippen LogP contribution in [0.2, 0.25) is 0 Å². The van der Waals surface area contributed by atoms with Crippen molar-refractivity contribution in [3.05, 3.63) is 0 Å². The van der Waals surface area contributed by atoms with Crippen LogP contribution in [0.15, 0.2) is 0 Å². The maximum atomic E-state index is 10.1. The number of hydrogen-bond acceptors (Lipinski definition) is 1. The normalized spacial score (nSPS) is 7.92. The zero-order valence-corrected chi connectivity index (χ0v) is 5.77. The molecule has 0 radical (unpaired) electrons. The van der Waals surface area contributed by atoms with Gasteiger partial charge in [-0.25, -0.2) is 0 Å². The van der Waals surface area contributed by atoms with Crippen LogP contribution >= 0.6 is 7.60 Å². The number of rotatable bonds is 3. The Morgan fingerprint density at radius 1 is 1.08 bits per heavy atom. The molecule has 0 aliphatic heterocycles. The first-order valence-corrected chi connectivity index (χ1v) is 4.40. The molecule has 0 spiro atoms. The van der Waals surface area contributed by atoms with Gasteiger partial charge >= 0.3 is 126 Å². The van der Waals surface area contributed by atoms with Crippen LogP contribution in [0.25, 0.3) is 0 Å². The van der Waals surface area contributed by atoms with E-state index >= 15 is 0 Å². The van der Waals surface area contributed by atoms with E-state index in [1.165, 1.54) is 0 Å². The minimum absolute atomic E-state index is 0. The second-order valence-corrected chi connectivity index (χ2v) is 3.52. The Morgan fingerprint density at radius 3 is 1.50 bits per heavy atom. The first-order valence-electron chi connectivity index (χ1n) is 2.61. The summed E-state index contributed by atoms with van der Waals surface area (Å²) in [7, 11) is -3.68. The Labute approximate surface area is 163 Å². The van der Waals surface area contributed by atoms with E-state index in [1.54, 1.807) is 0 Å². The third-order valence-electron chi connectivity index (χ3n) is 0.803. The molecule has 3 nitrogen and oxygen atoms in total. The fraction of sp³-hybridized carbons (Fsp3) is 1.00. The van der Waals surface area contributed by atoms with Crippen LogP contribution in [0.1, 0.15) is 19.8 Å². The first kappa shape index (κ1) is 29.8. The molecule has 0 saturated carbocycles. The van der Waals surface area contributed by atoms with Gasteiger partial charge in [0.05, 0.1) is 0 Å². The molecule has 0 fully saturated rings. The molecule has 0 aromatic carbocycles. The summed E-state index contributed by atoms with van der Waals surface area (Å²) in [4.78, 5) is 16.5. The Hall–Kier alpha value is 4.15. The molecule has 8 heteroatoms. The zero-order chi connectivity index (χ0) is 6.62. The second-order valence-electron chi connectivity index (χ2n) is 1.74. The molecule has 0 aromatic heterocycles. The van der Waals surface area contributed by atoms with Crippen LogP contribution in [-0.4, -0.2) is 134 Å². The van der Waals surface area contributed by atoms with Gasteiger partial charge in [-0.2, -0.15) is 0 Å². The molecule has 0 bridgehead atoms. The van der Waals surface area contributed by atoms with Gasteiger partial charge in [0.15, 0.2) is 0 Å². The van der Waals surface area contributed by atoms with Crippen molar-refractivity contribution in [3.63, 3.8) is 0 Å². The van der Waals surface area contributed by atoms with Crippen molar-refractivity contribution in [2.24, 2.45) is 0 Å². The monoisotopic (exact) mass is 234 g/mol. The molecule has 0 unspecified atom stereocenters. The van der Waals surface area contributed by atoms with Crippen molar-refractivity contribution in [1.29, 1.82) is 0 Å². The summed E-state index contributed by atoms with van der Waals surface area (Å²) in [5.74, 6) is 0. The van der Waals surface area contributed by atoms with E-state index in [0.29, 0.717) is 6.42 Å². The van der Waals surface area contributed by atoms with E-state index in [0.717, 1.165) is 6.42 Å². The molecular weight excluding hydrogens is 219 g/mol. The molecule has 58 valence electrons. The van der Waals surface area contributed by atoms with Crippen molar-refractivity contribution in [1.82, 2.24) is 0 Å². The van der Waals surface area contributed by atoms with Crippen molar-refractivity contribution in [2.45, 2.75) is 19.8 Å². The molecule has 0 aromatic rings. The van der Waals surface area contributed by atoms with E-state index in [9.17, 15) is 4.57 Å². The Bertz CT molecular complexity index is 106. The van der Waals surface area contributed by atoms with Crippen LogP contribution in [0.4, 0.5) is 0 Å². The van der Waals surface area contributed by atoms with Gasteiger partial charge in [-0.1, -0.05) is 13.3 Å². The zero-order valence-electron chi connectivity index (χ0n) is 4.87. The van der Waals surface area contributed by atoms with E-state index in [4.69, 9.17) is 9.79 Å². The van der Waals surface area contributed by atoms with E-state index in [-0.39, 0.29) is 124 Å². The Kier molecular flexibility index (Phi) is 43.6. The molecule has 0 rings (SSSR count). The molecule has 0 aliphatic carbocycles. The third-order valence-corrected chi connectivity index (χ3v) is 1.70. The molecule has 0 amide bonds. The predicted molar refractivity (Wildman–Crippen MR) is 60.4 cm³/mol. The molecule has 0 aliphatic rings. The van der Waals surface area contributed by atoms with Gasteiger partial charge in [-0.15, -0.1) is 0 Å². The fourth-order valence-electron chi connectivity index (χ4n) is 0.364. The molecule has 0 atom stereocenters. The molecule has 2 N–H and O–H groups in total. The van der Waals surface area contributed by atoms with Crippen LogP contribution in [-0.2, 0) is 4.57 Å². The molecular formula is C4H15Na4O3P. The van der Waals surface area contributed by atoms with Gasteiger partial charge in [-0.3, -0.25) is 4.57 Å². The van der Waals surface area contributed by atoms with Gasteiger partial charge in [0, 0.05) is 6.16 Å². The maximum absolute atomic E-state index is 10.1. The molecule has 12 heavy (non-hydrogen) atoms. The van der Waals surface area contributed by atoms with Crippen molar-refractivity contribution in [3.8, 4) is 0 Å². The van der Waals surface area contributed by atoms with Crippen LogP contribution in [0.3, 0.4) is 0 Å². The second kappa shape index (κ2) is 17.5. The van der Waals surface area contributed by atoms with Gasteiger partial charge in [0.25, 0.3) is 0 Å². The van der Waals surface area contributed by atoms with Crippen LogP contribution < -0.4 is 0 Å². The van der Waals surface area contributed by atoms with Crippen LogP contribution in [0, 0.1) is 0 Å². The third kappa shape index (κ3) is 29.2. The average molecular weight is 234 g/mol. The summed E-state index contributed by atoms with van der Waals surface area (Å²) in [5, 5.41) is 0. The summed E-state index contributed by atoms with van der Waals surface area (Å²) in [6.07, 6.45) is 1.49. The predicted octanol–water partition coefficient (Wildman–Crippen LogP) is -1.63. The molecule has 0 saturated heterocycles. The van der Waals surface area contributed by atoms with E-state index < -0.39 is 7.60 Å². The van der Waals surface area contributed by atoms with Gasteiger partial charge in [-0.05, 0) is 6.42 Å². The summed E-state index contributed by atoms with van der Waals surface area (Å²) in [6.45, 7) is 1.90. The van der Waals surface area contributed by atoms with Gasteiger partial charge in [0.2, 0.25) is 0 Å². The van der Waals surface area contributed by atoms with Crippen LogP contribution in [0.5, 0.6) is 0 Å². The van der Waals surface area contributed by atoms with Gasteiger partial charge < -0.3 is 9.79 Å². The molecule has 0 heterocycles. The average Bonchev–Trinajstić information content (AvgIpc) is 1.59. The SMILES string of the molecule is CCCCP(=O)(O)O.[NaH].[NaH].[NaH].[NaH]. The standard InChI is InChI=1S/C4H11O3P.4Na.4H/c1-2-3-4-8(5,6)7;;;;;;;;/h2-4H2,1H3,(H2,5,6,7);;;;;;;;. The number of hydrogen-bond donors (Lipinski definition) is 2. The topological polar surface area (TPSA) is 57.5 Å². The summed E-state index contributed by atoms with van der Waals surface area (Å²) < 4.78 is 10.1. The van der Waals surface area contributed by atoms with Crippen molar-refractivity contribution >= 4 is 126 Å². The van der Waals surface area contributed by atoms with Crippen molar-refractivity contribution in [2.75, 3.05) is 6.16 Å². The minimum atomic E-state index is -3.68. The van der Waals surface area contributed by atoms with E-state index in [2.05, 4.69) is 0 Å². The van der Waals surface area contributed by atoms with Crippen molar-refractivity contribution < 1.29 is 14.4 Å². The van der Waals surface area contributed by atoms with Gasteiger partial charge in [0.1, 0.15) is 0 Å². The van der Waals surface area contributed by atoms with E-state index in [1.807, 2.05) is 6.92 Å². The fourth-order valence-corrected chi connectivity index (χ4v) is 1.09. The summed E-state index contributed by atoms with van der Waals surface area (Å²) in [5.41, 5.74) is 0. The Balaban J connectivity index is -0.0000000408. The number of unbranched alkanes of at least 4 members (excludes halogenated alkanes) is 1. The Morgan fingerprint density at radius 2 is 1.42 bits per heavy atom.